The van der Waals surface area contributed by atoms with Gasteiger partial charge < -0.3 is 15.7 Å². The van der Waals surface area contributed by atoms with Crippen LogP contribution in [0.4, 0.5) is 0 Å². The Labute approximate surface area is 110 Å². The number of phenolic OH excluding ortho intramolecular Hbond substituents is 1. The highest BCUT2D eigenvalue weighted by molar-refractivity contribution is 8.00. The number of phenols is 1. The van der Waals surface area contributed by atoms with Crippen molar-refractivity contribution >= 4 is 23.6 Å². The van der Waals surface area contributed by atoms with E-state index in [1.807, 2.05) is 0 Å². The van der Waals surface area contributed by atoms with E-state index in [1.165, 1.54) is 18.7 Å². The van der Waals surface area contributed by atoms with Gasteiger partial charge in [-0.1, -0.05) is 12.1 Å². The first-order chi connectivity index (χ1) is 8.59. The average Bonchev–Trinajstić information content (AvgIpc) is 2.33. The van der Waals surface area contributed by atoms with E-state index in [0.717, 1.165) is 0 Å². The predicted octanol–water partition coefficient (Wildman–Crippen LogP) is 0.737. The van der Waals surface area contributed by atoms with Crippen LogP contribution in [0.2, 0.25) is 0 Å². The Morgan fingerprint density at radius 2 is 1.89 bits per heavy atom. The van der Waals surface area contributed by atoms with Crippen molar-refractivity contribution in [1.29, 1.82) is 0 Å². The molecule has 0 radical (unpaired) electrons. The van der Waals surface area contributed by atoms with Crippen LogP contribution >= 0.6 is 11.8 Å². The predicted molar refractivity (Wildman–Crippen MR) is 70.5 cm³/mol. The van der Waals surface area contributed by atoms with Crippen molar-refractivity contribution in [3.05, 3.63) is 24.3 Å². The summed E-state index contributed by atoms with van der Waals surface area (Å²) in [6.07, 6.45) is 0. The Balaban J connectivity index is 2.21. The highest BCUT2D eigenvalue weighted by Gasteiger charge is 2.05. The fraction of sp³-hybridized carbons (Fsp3) is 0.333. The van der Waals surface area contributed by atoms with E-state index < -0.39 is 0 Å². The van der Waals surface area contributed by atoms with Gasteiger partial charge in [-0.05, 0) is 12.1 Å². The van der Waals surface area contributed by atoms with Gasteiger partial charge in [-0.25, -0.2) is 0 Å². The molecule has 3 N–H and O–H groups in total. The molecule has 0 saturated heterocycles. The Kier molecular flexibility index (Phi) is 6.07. The van der Waals surface area contributed by atoms with Crippen molar-refractivity contribution in [2.24, 2.45) is 0 Å². The van der Waals surface area contributed by atoms with E-state index >= 15 is 0 Å². The second-order valence-electron chi connectivity index (χ2n) is 3.59. The van der Waals surface area contributed by atoms with Crippen LogP contribution in [-0.4, -0.2) is 35.8 Å². The number of para-hydroxylation sites is 1. The maximum absolute atomic E-state index is 11.4. The fourth-order valence-corrected chi connectivity index (χ4v) is 1.99. The van der Waals surface area contributed by atoms with Crippen molar-refractivity contribution in [3.8, 4) is 5.75 Å². The van der Waals surface area contributed by atoms with Crippen molar-refractivity contribution in [2.75, 3.05) is 18.8 Å². The smallest absolute Gasteiger partial charge is 0.230 e. The summed E-state index contributed by atoms with van der Waals surface area (Å²) in [5.41, 5.74) is 0. The standard InChI is InChI=1S/C12H16N2O3S/c1-9(15)13-6-7-14-12(17)8-18-11-5-3-2-4-10(11)16/h2-5,16H,6-8H2,1H3,(H,13,15)(H,14,17). The molecule has 2 amide bonds. The first-order valence-corrected chi connectivity index (χ1v) is 6.50. The molecular formula is C12H16N2O3S. The molecule has 0 atom stereocenters. The van der Waals surface area contributed by atoms with Gasteiger partial charge in [0.05, 0.1) is 5.75 Å². The van der Waals surface area contributed by atoms with E-state index in [1.54, 1.807) is 24.3 Å². The molecule has 5 nitrogen and oxygen atoms in total. The summed E-state index contributed by atoms with van der Waals surface area (Å²) in [5.74, 6) is 0.160. The number of aromatic hydroxyl groups is 1. The third-order valence-corrected chi connectivity index (χ3v) is 3.11. The zero-order valence-corrected chi connectivity index (χ0v) is 10.9. The lowest BCUT2D eigenvalue weighted by molar-refractivity contribution is -0.120. The summed E-state index contributed by atoms with van der Waals surface area (Å²) in [7, 11) is 0. The van der Waals surface area contributed by atoms with Gasteiger partial charge in [-0.3, -0.25) is 9.59 Å². The van der Waals surface area contributed by atoms with Gasteiger partial charge in [0.2, 0.25) is 11.8 Å². The normalized spacial score (nSPS) is 9.83. The Hall–Kier alpha value is -1.69. The second kappa shape index (κ2) is 7.60. The molecule has 0 aliphatic rings. The number of rotatable bonds is 6. The quantitative estimate of drug-likeness (QED) is 0.525. The van der Waals surface area contributed by atoms with Gasteiger partial charge in [0.1, 0.15) is 5.75 Å². The van der Waals surface area contributed by atoms with Crippen LogP contribution in [0.5, 0.6) is 5.75 Å². The molecule has 0 bridgehead atoms. The van der Waals surface area contributed by atoms with E-state index in [4.69, 9.17) is 0 Å². The first-order valence-electron chi connectivity index (χ1n) is 5.51. The largest absolute Gasteiger partial charge is 0.507 e. The summed E-state index contributed by atoms with van der Waals surface area (Å²) in [6, 6.07) is 6.87. The maximum Gasteiger partial charge on any atom is 0.230 e. The molecule has 6 heteroatoms. The number of carbonyl (C=O) groups is 2. The molecule has 1 aromatic rings. The Morgan fingerprint density at radius 1 is 1.22 bits per heavy atom. The molecule has 18 heavy (non-hydrogen) atoms. The van der Waals surface area contributed by atoms with Crippen LogP contribution in [0.15, 0.2) is 29.2 Å². The lowest BCUT2D eigenvalue weighted by Crippen LogP contribution is -2.34. The van der Waals surface area contributed by atoms with Crippen molar-refractivity contribution in [2.45, 2.75) is 11.8 Å². The highest BCUT2D eigenvalue weighted by Crippen LogP contribution is 2.27. The highest BCUT2D eigenvalue weighted by atomic mass is 32.2. The molecule has 0 fully saturated rings. The van der Waals surface area contributed by atoms with Gasteiger partial charge in [0.25, 0.3) is 0 Å². The number of hydrogen-bond acceptors (Lipinski definition) is 4. The van der Waals surface area contributed by atoms with E-state index in [-0.39, 0.29) is 23.3 Å². The molecule has 0 aliphatic heterocycles. The van der Waals surface area contributed by atoms with Crippen LogP contribution < -0.4 is 10.6 Å². The third kappa shape index (κ3) is 5.58. The Bertz CT molecular complexity index is 424. The number of hydrogen-bond donors (Lipinski definition) is 3. The lowest BCUT2D eigenvalue weighted by Gasteiger charge is -2.06. The van der Waals surface area contributed by atoms with E-state index in [2.05, 4.69) is 10.6 Å². The van der Waals surface area contributed by atoms with Gasteiger partial charge >= 0.3 is 0 Å². The molecule has 98 valence electrons. The summed E-state index contributed by atoms with van der Waals surface area (Å²) in [6.45, 7) is 2.25. The zero-order valence-electron chi connectivity index (χ0n) is 10.1. The summed E-state index contributed by atoms with van der Waals surface area (Å²) in [4.78, 5) is 22.7. The summed E-state index contributed by atoms with van der Waals surface area (Å²) >= 11 is 1.27. The number of benzene rings is 1. The number of amides is 2. The molecular weight excluding hydrogens is 252 g/mol. The van der Waals surface area contributed by atoms with Gasteiger partial charge in [0.15, 0.2) is 0 Å². The molecule has 0 unspecified atom stereocenters. The molecule has 0 saturated carbocycles. The summed E-state index contributed by atoms with van der Waals surface area (Å²) < 4.78 is 0. The number of carbonyl (C=O) groups excluding carboxylic acids is 2. The lowest BCUT2D eigenvalue weighted by atomic mass is 10.3. The van der Waals surface area contributed by atoms with Crippen molar-refractivity contribution in [3.63, 3.8) is 0 Å². The minimum absolute atomic E-state index is 0.118. The Morgan fingerprint density at radius 3 is 2.56 bits per heavy atom. The van der Waals surface area contributed by atoms with Crippen LogP contribution in [0, 0.1) is 0 Å². The monoisotopic (exact) mass is 268 g/mol. The van der Waals surface area contributed by atoms with Crippen molar-refractivity contribution in [1.82, 2.24) is 10.6 Å². The third-order valence-electron chi connectivity index (χ3n) is 2.05. The molecule has 1 rings (SSSR count). The number of thioether (sulfide) groups is 1. The first kappa shape index (κ1) is 14.4. The van der Waals surface area contributed by atoms with Gasteiger partial charge in [0, 0.05) is 24.9 Å². The molecule has 0 heterocycles. The topological polar surface area (TPSA) is 78.4 Å². The minimum Gasteiger partial charge on any atom is -0.507 e. The van der Waals surface area contributed by atoms with Gasteiger partial charge in [-0.2, -0.15) is 0 Å². The molecule has 0 aromatic heterocycles. The average molecular weight is 268 g/mol. The second-order valence-corrected chi connectivity index (χ2v) is 4.61. The van der Waals surface area contributed by atoms with Crippen molar-refractivity contribution < 1.29 is 14.7 Å². The van der Waals surface area contributed by atoms with Crippen LogP contribution in [0.3, 0.4) is 0 Å². The molecule has 1 aromatic carbocycles. The molecule has 0 aliphatic carbocycles. The number of nitrogens with one attached hydrogen (secondary N) is 2. The van der Waals surface area contributed by atoms with E-state index in [9.17, 15) is 14.7 Å². The maximum atomic E-state index is 11.4. The molecule has 0 spiro atoms. The van der Waals surface area contributed by atoms with Crippen LogP contribution in [0.25, 0.3) is 0 Å². The van der Waals surface area contributed by atoms with E-state index in [0.29, 0.717) is 18.0 Å². The van der Waals surface area contributed by atoms with Gasteiger partial charge in [-0.15, -0.1) is 11.8 Å². The zero-order chi connectivity index (χ0) is 13.4. The SMILES string of the molecule is CC(=O)NCCNC(=O)CSc1ccccc1O. The summed E-state index contributed by atoms with van der Waals surface area (Å²) in [5, 5.41) is 14.8. The van der Waals surface area contributed by atoms with Crippen LogP contribution in [-0.2, 0) is 9.59 Å². The minimum atomic E-state index is -0.131. The fourth-order valence-electron chi connectivity index (χ4n) is 1.21. The van der Waals surface area contributed by atoms with Crippen LogP contribution in [0.1, 0.15) is 6.92 Å².